The Labute approximate surface area is 102 Å². The standard InChI is InChI=1S/C12H20ClN3/c1-3-10-12(13)11(16(4-2)15-10)8-6-5-7-9-14/h5-6H,3-4,7-9,14H2,1-2H3. The molecule has 16 heavy (non-hydrogen) atoms. The molecule has 0 saturated heterocycles. The predicted molar refractivity (Wildman–Crippen MR) is 68.8 cm³/mol. The van der Waals surface area contributed by atoms with Crippen LogP contribution in [0.3, 0.4) is 0 Å². The molecule has 0 aliphatic carbocycles. The first-order valence-corrected chi connectivity index (χ1v) is 6.21. The van der Waals surface area contributed by atoms with Gasteiger partial charge in [-0.2, -0.15) is 5.10 Å². The molecule has 4 heteroatoms. The molecule has 0 aliphatic heterocycles. The van der Waals surface area contributed by atoms with Crippen LogP contribution >= 0.6 is 11.6 Å². The Kier molecular flexibility index (Phi) is 5.56. The van der Waals surface area contributed by atoms with Gasteiger partial charge in [-0.05, 0) is 26.3 Å². The van der Waals surface area contributed by atoms with Gasteiger partial charge in [0, 0.05) is 13.0 Å². The lowest BCUT2D eigenvalue weighted by atomic mass is 10.2. The Hall–Kier alpha value is -0.800. The summed E-state index contributed by atoms with van der Waals surface area (Å²) in [6, 6.07) is 0. The number of nitrogens with two attached hydrogens (primary N) is 1. The van der Waals surface area contributed by atoms with Crippen LogP contribution in [0.1, 0.15) is 31.7 Å². The zero-order chi connectivity index (χ0) is 12.0. The summed E-state index contributed by atoms with van der Waals surface area (Å²) in [6.07, 6.45) is 6.83. The van der Waals surface area contributed by atoms with Crippen molar-refractivity contribution in [2.45, 2.75) is 39.7 Å². The first-order chi connectivity index (χ1) is 7.74. The molecular formula is C12H20ClN3. The van der Waals surface area contributed by atoms with Crippen molar-refractivity contribution in [2.75, 3.05) is 6.54 Å². The summed E-state index contributed by atoms with van der Waals surface area (Å²) in [4.78, 5) is 0. The second kappa shape index (κ2) is 6.71. The van der Waals surface area contributed by atoms with Gasteiger partial charge in [0.15, 0.2) is 0 Å². The summed E-state index contributed by atoms with van der Waals surface area (Å²) in [5, 5.41) is 5.29. The van der Waals surface area contributed by atoms with Gasteiger partial charge in [0.25, 0.3) is 0 Å². The van der Waals surface area contributed by atoms with E-state index in [0.29, 0.717) is 6.54 Å². The minimum absolute atomic E-state index is 0.692. The van der Waals surface area contributed by atoms with Crippen LogP contribution in [0.4, 0.5) is 0 Å². The lowest BCUT2D eigenvalue weighted by Gasteiger charge is -2.01. The zero-order valence-corrected chi connectivity index (χ0v) is 10.8. The molecule has 0 unspecified atom stereocenters. The van der Waals surface area contributed by atoms with E-state index < -0.39 is 0 Å². The molecule has 1 rings (SSSR count). The molecular weight excluding hydrogens is 222 g/mol. The van der Waals surface area contributed by atoms with Gasteiger partial charge in [0.2, 0.25) is 0 Å². The molecule has 0 aliphatic rings. The molecule has 3 nitrogen and oxygen atoms in total. The first-order valence-electron chi connectivity index (χ1n) is 5.83. The average molecular weight is 242 g/mol. The fraction of sp³-hybridized carbons (Fsp3) is 0.583. The Bertz CT molecular complexity index is 355. The highest BCUT2D eigenvalue weighted by Crippen LogP contribution is 2.22. The van der Waals surface area contributed by atoms with Crippen LogP contribution in [0.2, 0.25) is 5.02 Å². The molecule has 0 aromatic carbocycles. The molecule has 1 aromatic heterocycles. The Morgan fingerprint density at radius 3 is 2.69 bits per heavy atom. The van der Waals surface area contributed by atoms with Crippen LogP contribution in [0.25, 0.3) is 0 Å². The molecule has 0 saturated carbocycles. The molecule has 0 spiro atoms. The minimum Gasteiger partial charge on any atom is -0.330 e. The Balaban J connectivity index is 2.80. The molecule has 0 fully saturated rings. The number of halogens is 1. The highest BCUT2D eigenvalue weighted by Gasteiger charge is 2.12. The summed E-state index contributed by atoms with van der Waals surface area (Å²) >= 11 is 6.28. The number of hydrogen-bond donors (Lipinski definition) is 1. The molecule has 1 heterocycles. The van der Waals surface area contributed by atoms with E-state index in [1.165, 1.54) is 0 Å². The second-order valence-electron chi connectivity index (χ2n) is 3.63. The molecule has 0 bridgehead atoms. The van der Waals surface area contributed by atoms with E-state index in [2.05, 4.69) is 31.1 Å². The summed E-state index contributed by atoms with van der Waals surface area (Å²) < 4.78 is 1.98. The Morgan fingerprint density at radius 1 is 1.38 bits per heavy atom. The van der Waals surface area contributed by atoms with Crippen LogP contribution in [-0.4, -0.2) is 16.3 Å². The van der Waals surface area contributed by atoms with Crippen molar-refractivity contribution < 1.29 is 0 Å². The maximum atomic E-state index is 6.28. The van der Waals surface area contributed by atoms with E-state index in [1.807, 2.05) is 4.68 Å². The van der Waals surface area contributed by atoms with E-state index in [-0.39, 0.29) is 0 Å². The van der Waals surface area contributed by atoms with Crippen LogP contribution in [0.15, 0.2) is 12.2 Å². The molecule has 0 radical (unpaired) electrons. The normalized spacial score (nSPS) is 11.5. The number of rotatable bonds is 6. The summed E-state index contributed by atoms with van der Waals surface area (Å²) in [5.41, 5.74) is 7.52. The SMILES string of the molecule is CCc1nn(CC)c(CC=CCCN)c1Cl. The summed E-state index contributed by atoms with van der Waals surface area (Å²) in [5.74, 6) is 0. The van der Waals surface area contributed by atoms with Gasteiger partial charge in [-0.1, -0.05) is 30.7 Å². The predicted octanol–water partition coefficient (Wildman–Crippen LogP) is 2.57. The van der Waals surface area contributed by atoms with E-state index >= 15 is 0 Å². The highest BCUT2D eigenvalue weighted by atomic mass is 35.5. The fourth-order valence-corrected chi connectivity index (χ4v) is 1.97. The van der Waals surface area contributed by atoms with Crippen molar-refractivity contribution in [3.63, 3.8) is 0 Å². The highest BCUT2D eigenvalue weighted by molar-refractivity contribution is 6.31. The average Bonchev–Trinajstić information content (AvgIpc) is 2.61. The van der Waals surface area contributed by atoms with Crippen molar-refractivity contribution in [1.82, 2.24) is 9.78 Å². The fourth-order valence-electron chi connectivity index (χ4n) is 1.62. The monoisotopic (exact) mass is 241 g/mol. The van der Waals surface area contributed by atoms with Gasteiger partial charge in [0.05, 0.1) is 16.4 Å². The number of aryl methyl sites for hydroxylation is 2. The second-order valence-corrected chi connectivity index (χ2v) is 4.01. The quantitative estimate of drug-likeness (QED) is 0.778. The van der Waals surface area contributed by atoms with E-state index in [4.69, 9.17) is 17.3 Å². The van der Waals surface area contributed by atoms with Gasteiger partial charge >= 0.3 is 0 Å². The lowest BCUT2D eigenvalue weighted by molar-refractivity contribution is 0.623. The number of aromatic nitrogens is 2. The van der Waals surface area contributed by atoms with Crippen molar-refractivity contribution in [1.29, 1.82) is 0 Å². The third kappa shape index (κ3) is 3.09. The number of hydrogen-bond acceptors (Lipinski definition) is 2. The smallest absolute Gasteiger partial charge is 0.0853 e. The molecule has 0 amide bonds. The number of nitrogens with zero attached hydrogens (tertiary/aromatic N) is 2. The van der Waals surface area contributed by atoms with E-state index in [0.717, 1.165) is 42.2 Å². The molecule has 1 aromatic rings. The van der Waals surface area contributed by atoms with Crippen molar-refractivity contribution in [3.8, 4) is 0 Å². The van der Waals surface area contributed by atoms with Gasteiger partial charge in [-0.3, -0.25) is 4.68 Å². The van der Waals surface area contributed by atoms with Gasteiger partial charge in [0.1, 0.15) is 0 Å². The maximum absolute atomic E-state index is 6.28. The lowest BCUT2D eigenvalue weighted by Crippen LogP contribution is -2.02. The topological polar surface area (TPSA) is 43.8 Å². The minimum atomic E-state index is 0.692. The summed E-state index contributed by atoms with van der Waals surface area (Å²) in [7, 11) is 0. The summed E-state index contributed by atoms with van der Waals surface area (Å²) in [6.45, 7) is 5.70. The van der Waals surface area contributed by atoms with Crippen LogP contribution < -0.4 is 5.73 Å². The molecule has 2 N–H and O–H groups in total. The van der Waals surface area contributed by atoms with Gasteiger partial charge in [-0.25, -0.2) is 0 Å². The maximum Gasteiger partial charge on any atom is 0.0853 e. The van der Waals surface area contributed by atoms with Crippen LogP contribution in [0, 0.1) is 0 Å². The molecule has 0 atom stereocenters. The van der Waals surface area contributed by atoms with Crippen LogP contribution in [0.5, 0.6) is 0 Å². The third-order valence-electron chi connectivity index (χ3n) is 2.51. The molecule has 90 valence electrons. The first kappa shape index (κ1) is 13.3. The van der Waals surface area contributed by atoms with Crippen molar-refractivity contribution in [3.05, 3.63) is 28.6 Å². The Morgan fingerprint density at radius 2 is 2.12 bits per heavy atom. The van der Waals surface area contributed by atoms with E-state index in [9.17, 15) is 0 Å². The van der Waals surface area contributed by atoms with Crippen molar-refractivity contribution >= 4 is 11.6 Å². The third-order valence-corrected chi connectivity index (χ3v) is 2.94. The van der Waals surface area contributed by atoms with Crippen LogP contribution in [-0.2, 0) is 19.4 Å². The van der Waals surface area contributed by atoms with Crippen molar-refractivity contribution in [2.24, 2.45) is 5.73 Å². The zero-order valence-electron chi connectivity index (χ0n) is 10.0. The van der Waals surface area contributed by atoms with Gasteiger partial charge < -0.3 is 5.73 Å². The number of allylic oxidation sites excluding steroid dienone is 1. The van der Waals surface area contributed by atoms with E-state index in [1.54, 1.807) is 0 Å². The largest absolute Gasteiger partial charge is 0.330 e. The van der Waals surface area contributed by atoms with Gasteiger partial charge in [-0.15, -0.1) is 0 Å².